The summed E-state index contributed by atoms with van der Waals surface area (Å²) in [6, 6.07) is 6.28. The fourth-order valence-electron chi connectivity index (χ4n) is 0.889. The summed E-state index contributed by atoms with van der Waals surface area (Å²) < 4.78 is 13.0. The molecule has 4 N–H and O–H groups in total. The van der Waals surface area contributed by atoms with E-state index in [0.29, 0.717) is 11.3 Å². The molecule has 0 fully saturated rings. The van der Waals surface area contributed by atoms with E-state index in [-0.39, 0.29) is 5.82 Å². The second-order valence-corrected chi connectivity index (χ2v) is 2.29. The number of halogens is 1. The lowest BCUT2D eigenvalue weighted by molar-refractivity contribution is -0.111. The van der Waals surface area contributed by atoms with E-state index in [2.05, 4.69) is 0 Å². The molecule has 0 bridgehead atoms. The molecule has 0 saturated heterocycles. The van der Waals surface area contributed by atoms with Gasteiger partial charge in [-0.1, -0.05) is 12.1 Å². The molecule has 0 atom stereocenters. The molecule has 0 aliphatic heterocycles. The van der Waals surface area contributed by atoms with Crippen LogP contribution in [0.3, 0.4) is 0 Å². The summed E-state index contributed by atoms with van der Waals surface area (Å²) in [5.74, 6) is -0.340. The molecular weight excluding hydrogens is 155 g/mol. The van der Waals surface area contributed by atoms with Crippen LogP contribution in [0.15, 0.2) is 36.5 Å². The molecule has 2 nitrogen and oxygen atoms in total. The van der Waals surface area contributed by atoms with Crippen molar-refractivity contribution in [1.29, 1.82) is 0 Å². The topological polar surface area (TPSA) is 51.6 Å². The molecule has 0 unspecified atom stereocenters. The number of rotatable bonds is 2. The van der Waals surface area contributed by atoms with Crippen molar-refractivity contribution in [2.75, 3.05) is 0 Å². The molecule has 0 heterocycles. The van der Waals surface area contributed by atoms with Crippen molar-refractivity contribution in [3.05, 3.63) is 47.9 Å². The van der Waals surface area contributed by atoms with Crippen molar-refractivity contribution in [2.24, 2.45) is 5.73 Å². The zero-order valence-corrected chi connectivity index (χ0v) is 6.50. The van der Waals surface area contributed by atoms with E-state index in [4.69, 9.17) is 11.1 Å². The molecule has 12 heavy (non-hydrogen) atoms. The van der Waals surface area contributed by atoms with Crippen LogP contribution >= 0.6 is 0 Å². The van der Waals surface area contributed by atoms with Gasteiger partial charge in [0.25, 0.3) is 0 Å². The van der Waals surface area contributed by atoms with E-state index >= 15 is 0 Å². The lowest BCUT2D eigenvalue weighted by atomic mass is 10.1. The standard InChI is InChI=1S/C9H9FN2/c10-8-4-2-1-3-7(8)9(12)5-6-11/h1-6,12H,11H2/p+1. The van der Waals surface area contributed by atoms with Gasteiger partial charge in [0.1, 0.15) is 5.82 Å². The Labute approximate surface area is 70.0 Å². The largest absolute Gasteiger partial charge is 0.404 e. The van der Waals surface area contributed by atoms with E-state index < -0.39 is 0 Å². The molecule has 0 amide bonds. The molecule has 1 aromatic rings. The van der Waals surface area contributed by atoms with Gasteiger partial charge in [-0.25, -0.2) is 4.39 Å². The maximum atomic E-state index is 13.0. The predicted molar refractivity (Wildman–Crippen MR) is 45.8 cm³/mol. The van der Waals surface area contributed by atoms with Crippen molar-refractivity contribution in [1.82, 2.24) is 0 Å². The van der Waals surface area contributed by atoms with Crippen molar-refractivity contribution < 1.29 is 9.80 Å². The lowest BCUT2D eigenvalue weighted by Crippen LogP contribution is -2.39. The fourth-order valence-corrected chi connectivity index (χ4v) is 0.889. The van der Waals surface area contributed by atoms with Crippen molar-refractivity contribution in [2.45, 2.75) is 0 Å². The molecule has 1 rings (SSSR count). The first-order chi connectivity index (χ1) is 5.75. The maximum absolute atomic E-state index is 13.0. The normalized spacial score (nSPS) is 10.4. The Hall–Kier alpha value is -1.64. The molecule has 62 valence electrons. The number of hydrogen-bond acceptors (Lipinski definition) is 1. The molecule has 0 aromatic heterocycles. The zero-order valence-electron chi connectivity index (χ0n) is 6.50. The molecule has 0 spiro atoms. The SMILES string of the molecule is NC=CC(=[NH2+])c1ccccc1F. The Morgan fingerprint density at radius 3 is 2.67 bits per heavy atom. The van der Waals surface area contributed by atoms with Crippen LogP contribution in [0.4, 0.5) is 4.39 Å². The minimum Gasteiger partial charge on any atom is -0.404 e. The summed E-state index contributed by atoms with van der Waals surface area (Å²) in [4.78, 5) is 0. The highest BCUT2D eigenvalue weighted by atomic mass is 19.1. The first-order valence-electron chi connectivity index (χ1n) is 3.51. The molecule has 0 radical (unpaired) electrons. The van der Waals surface area contributed by atoms with Gasteiger partial charge in [0.15, 0.2) is 0 Å². The highest BCUT2D eigenvalue weighted by molar-refractivity contribution is 6.04. The van der Waals surface area contributed by atoms with E-state index in [9.17, 15) is 4.39 Å². The average molecular weight is 165 g/mol. The number of benzene rings is 1. The Bertz CT molecular complexity index is 318. The lowest BCUT2D eigenvalue weighted by Gasteiger charge is -1.94. The van der Waals surface area contributed by atoms with Gasteiger partial charge in [-0.2, -0.15) is 0 Å². The first-order valence-corrected chi connectivity index (χ1v) is 3.51. The summed E-state index contributed by atoms with van der Waals surface area (Å²) in [5.41, 5.74) is 5.82. The predicted octanol–water partition coefficient (Wildman–Crippen LogP) is -0.154. The quantitative estimate of drug-likeness (QED) is 0.588. The summed E-state index contributed by atoms with van der Waals surface area (Å²) >= 11 is 0. The Morgan fingerprint density at radius 1 is 1.42 bits per heavy atom. The van der Waals surface area contributed by atoms with Crippen LogP contribution in [0.2, 0.25) is 0 Å². The molecule has 1 aromatic carbocycles. The second kappa shape index (κ2) is 3.67. The number of nitrogens with two attached hydrogens (primary N) is 2. The fraction of sp³-hybridized carbons (Fsp3) is 0. The smallest absolute Gasteiger partial charge is 0.208 e. The van der Waals surface area contributed by atoms with Gasteiger partial charge in [-0.05, 0) is 12.1 Å². The van der Waals surface area contributed by atoms with Gasteiger partial charge in [0.2, 0.25) is 5.71 Å². The van der Waals surface area contributed by atoms with Crippen LogP contribution in [-0.4, -0.2) is 5.71 Å². The monoisotopic (exact) mass is 165 g/mol. The molecule has 0 saturated carbocycles. The molecule has 0 aliphatic carbocycles. The van der Waals surface area contributed by atoms with Crippen molar-refractivity contribution in [3.63, 3.8) is 0 Å². The average Bonchev–Trinajstić information content (AvgIpc) is 2.05. The van der Waals surface area contributed by atoms with Gasteiger partial charge >= 0.3 is 0 Å². The van der Waals surface area contributed by atoms with Gasteiger partial charge < -0.3 is 5.73 Å². The van der Waals surface area contributed by atoms with Gasteiger partial charge in [-0.15, -0.1) is 0 Å². The maximum Gasteiger partial charge on any atom is 0.208 e. The number of allylic oxidation sites excluding steroid dienone is 1. The molecule has 0 aliphatic rings. The Balaban J connectivity index is 3.03. The van der Waals surface area contributed by atoms with Crippen LogP contribution < -0.4 is 11.1 Å². The van der Waals surface area contributed by atoms with Crippen LogP contribution in [0.1, 0.15) is 5.56 Å². The third-order valence-corrected chi connectivity index (χ3v) is 1.46. The zero-order chi connectivity index (χ0) is 8.97. The third kappa shape index (κ3) is 1.69. The van der Waals surface area contributed by atoms with E-state index in [1.54, 1.807) is 18.2 Å². The molecule has 3 heteroatoms. The highest BCUT2D eigenvalue weighted by Gasteiger charge is 2.07. The van der Waals surface area contributed by atoms with Gasteiger partial charge in [0, 0.05) is 12.3 Å². The van der Waals surface area contributed by atoms with E-state index in [1.165, 1.54) is 18.3 Å². The summed E-state index contributed by atoms with van der Waals surface area (Å²) in [7, 11) is 0. The number of hydrogen-bond donors (Lipinski definition) is 2. The van der Waals surface area contributed by atoms with Crippen LogP contribution in [0.5, 0.6) is 0 Å². The van der Waals surface area contributed by atoms with Crippen LogP contribution in [-0.2, 0) is 0 Å². The summed E-state index contributed by atoms with van der Waals surface area (Å²) in [6.45, 7) is 0. The van der Waals surface area contributed by atoms with Crippen LogP contribution in [0, 0.1) is 5.82 Å². The van der Waals surface area contributed by atoms with Gasteiger partial charge in [-0.3, -0.25) is 5.41 Å². The van der Waals surface area contributed by atoms with E-state index in [1.807, 2.05) is 0 Å². The summed E-state index contributed by atoms with van der Waals surface area (Å²) in [5, 5.41) is 5.52. The third-order valence-electron chi connectivity index (χ3n) is 1.46. The van der Waals surface area contributed by atoms with Crippen molar-refractivity contribution >= 4 is 5.71 Å². The van der Waals surface area contributed by atoms with Crippen LogP contribution in [0.25, 0.3) is 0 Å². The van der Waals surface area contributed by atoms with Gasteiger partial charge in [0.05, 0.1) is 5.56 Å². The second-order valence-electron chi connectivity index (χ2n) is 2.29. The highest BCUT2D eigenvalue weighted by Crippen LogP contribution is 2.05. The first kappa shape index (κ1) is 8.46. The Kier molecular flexibility index (Phi) is 2.58. The summed E-state index contributed by atoms with van der Waals surface area (Å²) in [6.07, 6.45) is 2.74. The van der Waals surface area contributed by atoms with Crippen molar-refractivity contribution in [3.8, 4) is 0 Å². The minimum absolute atomic E-state index is 0.329. The minimum atomic E-state index is -0.340. The Morgan fingerprint density at radius 2 is 2.08 bits per heavy atom. The molecular formula is C9H10FN2+. The van der Waals surface area contributed by atoms with E-state index in [0.717, 1.165) is 0 Å².